The van der Waals surface area contributed by atoms with Crippen molar-refractivity contribution in [1.29, 1.82) is 0 Å². The first-order chi connectivity index (χ1) is 22.3. The molecule has 3 aromatic carbocycles. The average Bonchev–Trinajstić information content (AvgIpc) is 3.69. The molecule has 4 amide bonds. The molecule has 0 spiro atoms. The summed E-state index contributed by atoms with van der Waals surface area (Å²) < 4.78 is 21.2. The molecule has 0 unspecified atom stereocenters. The molecule has 3 aliphatic rings. The van der Waals surface area contributed by atoms with E-state index in [1.807, 2.05) is 35.3 Å². The molecule has 0 radical (unpaired) electrons. The summed E-state index contributed by atoms with van der Waals surface area (Å²) in [6.07, 6.45) is 2.01. The number of benzene rings is 3. The van der Waals surface area contributed by atoms with Crippen LogP contribution in [0, 0.1) is 5.82 Å². The molecule has 3 aliphatic heterocycles. The summed E-state index contributed by atoms with van der Waals surface area (Å²) in [6.45, 7) is 4.43. The molecule has 238 valence electrons. The first-order valence-corrected chi connectivity index (χ1v) is 15.6. The maximum absolute atomic E-state index is 14.4. The third-order valence-electron chi connectivity index (χ3n) is 8.95. The number of rotatable bonds is 6. The number of halogens is 2. The molecule has 0 aliphatic carbocycles. The van der Waals surface area contributed by atoms with Crippen LogP contribution in [0.15, 0.2) is 66.9 Å². The summed E-state index contributed by atoms with van der Waals surface area (Å²) >= 11 is 5.89. The van der Waals surface area contributed by atoms with E-state index in [1.54, 1.807) is 23.2 Å². The monoisotopic (exact) mass is 645 g/mol. The van der Waals surface area contributed by atoms with Crippen LogP contribution in [-0.2, 0) is 16.1 Å². The van der Waals surface area contributed by atoms with Crippen LogP contribution in [0.4, 0.5) is 25.4 Å². The van der Waals surface area contributed by atoms with Gasteiger partial charge in [-0.1, -0.05) is 48.0 Å². The quantitative estimate of drug-likeness (QED) is 0.321. The Morgan fingerprint density at radius 3 is 2.50 bits per heavy atom. The van der Waals surface area contributed by atoms with E-state index in [0.29, 0.717) is 55.9 Å². The Balaban J connectivity index is 1.13. The number of hydrogen-bond acceptors (Lipinski definition) is 6. The van der Waals surface area contributed by atoms with Gasteiger partial charge in [0.1, 0.15) is 11.9 Å². The molecule has 46 heavy (non-hydrogen) atoms. The van der Waals surface area contributed by atoms with Gasteiger partial charge in [-0.3, -0.25) is 14.3 Å². The zero-order chi connectivity index (χ0) is 31.9. The van der Waals surface area contributed by atoms with Gasteiger partial charge in [-0.25, -0.2) is 24.0 Å². The average molecular weight is 646 g/mol. The van der Waals surface area contributed by atoms with Gasteiger partial charge in [-0.05, 0) is 41.8 Å². The molecule has 11 nitrogen and oxygen atoms in total. The number of anilines is 2. The number of urea groups is 1. The SMILES string of the molecule is NC(=O)n1cc(N2CCN3CC[C@@H](C(=O)NCc4cccc(Cl)c4F)N3C2=O)c2ccc(-c3ccc(N4CCOCC4)cc3)cc21. The van der Waals surface area contributed by atoms with E-state index < -0.39 is 17.9 Å². The van der Waals surface area contributed by atoms with E-state index in [9.17, 15) is 18.8 Å². The van der Waals surface area contributed by atoms with Crippen LogP contribution in [-0.4, -0.2) is 84.5 Å². The largest absolute Gasteiger partial charge is 0.378 e. The minimum Gasteiger partial charge on any atom is -0.378 e. The molecule has 0 saturated carbocycles. The highest BCUT2D eigenvalue weighted by molar-refractivity contribution is 6.30. The number of carbonyl (C=O) groups excluding carboxylic acids is 3. The minimum atomic E-state index is -0.769. The lowest BCUT2D eigenvalue weighted by atomic mass is 10.0. The number of nitrogens with one attached hydrogen (secondary N) is 1. The van der Waals surface area contributed by atoms with Crippen LogP contribution in [0.2, 0.25) is 5.02 Å². The number of hydrazine groups is 1. The van der Waals surface area contributed by atoms with Gasteiger partial charge in [0, 0.05) is 62.1 Å². The van der Waals surface area contributed by atoms with Crippen molar-refractivity contribution in [2.24, 2.45) is 5.73 Å². The van der Waals surface area contributed by atoms with Gasteiger partial charge in [-0.2, -0.15) is 0 Å². The number of hydrogen-bond donors (Lipinski definition) is 2. The number of carbonyl (C=O) groups is 3. The Hall–Kier alpha value is -4.65. The van der Waals surface area contributed by atoms with Crippen LogP contribution < -0.4 is 20.9 Å². The number of morpholine rings is 1. The zero-order valence-electron chi connectivity index (χ0n) is 25.0. The standard InChI is InChI=1S/C33H33ClFN7O4/c34-26-3-1-2-23(30(26)35)19-37-31(43)27-10-11-39-12-13-40(33(45)42(27)39)29-20-41(32(36)44)28-18-22(6-9-25(28)29)21-4-7-24(8-5-21)38-14-16-46-17-15-38/h1-9,18,20,27H,10-17,19H2,(H2,36,44)(H,37,43)/t27-/m0/s1. The third-order valence-corrected chi connectivity index (χ3v) is 9.24. The van der Waals surface area contributed by atoms with Crippen LogP contribution in [0.3, 0.4) is 0 Å². The second-order valence-corrected chi connectivity index (χ2v) is 12.0. The highest BCUT2D eigenvalue weighted by Gasteiger charge is 2.45. The smallest absolute Gasteiger partial charge is 0.339 e. The predicted molar refractivity (Wildman–Crippen MR) is 173 cm³/mol. The van der Waals surface area contributed by atoms with Crippen molar-refractivity contribution in [3.05, 3.63) is 83.3 Å². The minimum absolute atomic E-state index is 0.0235. The Morgan fingerprint density at radius 2 is 1.74 bits per heavy atom. The molecular formula is C33H33ClFN7O4. The highest BCUT2D eigenvalue weighted by atomic mass is 35.5. The molecule has 1 aromatic heterocycles. The number of nitrogens with zero attached hydrogens (tertiary/aromatic N) is 5. The number of aromatic nitrogens is 1. The maximum atomic E-state index is 14.4. The van der Waals surface area contributed by atoms with E-state index in [0.717, 1.165) is 29.9 Å². The zero-order valence-corrected chi connectivity index (χ0v) is 25.8. The molecule has 13 heteroatoms. The van der Waals surface area contributed by atoms with Crippen molar-refractivity contribution >= 4 is 51.8 Å². The maximum Gasteiger partial charge on any atom is 0.339 e. The van der Waals surface area contributed by atoms with Gasteiger partial charge < -0.3 is 20.7 Å². The van der Waals surface area contributed by atoms with Crippen molar-refractivity contribution in [1.82, 2.24) is 19.9 Å². The molecule has 7 rings (SSSR count). The number of amides is 4. The Bertz CT molecular complexity index is 1820. The van der Waals surface area contributed by atoms with Gasteiger partial charge in [0.2, 0.25) is 5.91 Å². The van der Waals surface area contributed by atoms with Crippen molar-refractivity contribution in [3.63, 3.8) is 0 Å². The fraction of sp³-hybridized carbons (Fsp3) is 0.303. The second kappa shape index (κ2) is 12.3. The van der Waals surface area contributed by atoms with Crippen molar-refractivity contribution in [2.45, 2.75) is 19.0 Å². The van der Waals surface area contributed by atoms with Gasteiger partial charge in [0.25, 0.3) is 0 Å². The normalized spacial score (nSPS) is 18.7. The third kappa shape index (κ3) is 5.42. The summed E-state index contributed by atoms with van der Waals surface area (Å²) in [5.41, 5.74) is 10.2. The summed E-state index contributed by atoms with van der Waals surface area (Å²) in [7, 11) is 0. The van der Waals surface area contributed by atoms with Gasteiger partial charge >= 0.3 is 12.1 Å². The molecule has 3 saturated heterocycles. The number of primary amides is 1. The fourth-order valence-corrected chi connectivity index (χ4v) is 6.72. The second-order valence-electron chi connectivity index (χ2n) is 11.6. The van der Waals surface area contributed by atoms with E-state index in [1.165, 1.54) is 15.6 Å². The Morgan fingerprint density at radius 1 is 0.978 bits per heavy atom. The summed E-state index contributed by atoms with van der Waals surface area (Å²) in [5.74, 6) is -0.974. The van der Waals surface area contributed by atoms with Gasteiger partial charge in [-0.15, -0.1) is 0 Å². The highest BCUT2D eigenvalue weighted by Crippen LogP contribution is 2.36. The number of nitrogens with two attached hydrogens (primary N) is 1. The van der Waals surface area contributed by atoms with E-state index in [-0.39, 0.29) is 29.1 Å². The lowest BCUT2D eigenvalue weighted by molar-refractivity contribution is -0.127. The molecular weight excluding hydrogens is 613 g/mol. The number of fused-ring (bicyclic) bond motifs is 2. The summed E-state index contributed by atoms with van der Waals surface area (Å²) in [5, 5.41) is 6.74. The van der Waals surface area contributed by atoms with Crippen LogP contribution in [0.5, 0.6) is 0 Å². The first-order valence-electron chi connectivity index (χ1n) is 15.2. The molecule has 3 N–H and O–H groups in total. The molecule has 4 heterocycles. The van der Waals surface area contributed by atoms with Gasteiger partial charge in [0.05, 0.1) is 29.4 Å². The Labute approximate surface area is 269 Å². The van der Waals surface area contributed by atoms with Crippen molar-refractivity contribution in [3.8, 4) is 11.1 Å². The molecule has 4 aromatic rings. The van der Waals surface area contributed by atoms with Crippen LogP contribution in [0.25, 0.3) is 22.0 Å². The predicted octanol–water partition coefficient (Wildman–Crippen LogP) is 4.41. The van der Waals surface area contributed by atoms with E-state index in [4.69, 9.17) is 22.1 Å². The topological polar surface area (TPSA) is 116 Å². The molecule has 3 fully saturated rings. The van der Waals surface area contributed by atoms with Gasteiger partial charge in [0.15, 0.2) is 0 Å². The fourth-order valence-electron chi connectivity index (χ4n) is 6.53. The van der Waals surface area contributed by atoms with E-state index in [2.05, 4.69) is 22.3 Å². The van der Waals surface area contributed by atoms with Crippen molar-refractivity contribution in [2.75, 3.05) is 55.7 Å². The van der Waals surface area contributed by atoms with Crippen LogP contribution in [0.1, 0.15) is 12.0 Å². The van der Waals surface area contributed by atoms with Crippen molar-refractivity contribution < 1.29 is 23.5 Å². The first kappa shape index (κ1) is 30.0. The molecule has 1 atom stereocenters. The number of ether oxygens (including phenoxy) is 1. The molecule has 0 bridgehead atoms. The van der Waals surface area contributed by atoms with E-state index >= 15 is 0 Å². The Kier molecular flexibility index (Phi) is 8.01. The lowest BCUT2D eigenvalue weighted by Crippen LogP contribution is -2.61. The summed E-state index contributed by atoms with van der Waals surface area (Å²) in [6, 6.07) is 16.8. The lowest BCUT2D eigenvalue weighted by Gasteiger charge is -2.41. The summed E-state index contributed by atoms with van der Waals surface area (Å²) in [4.78, 5) is 43.7. The van der Waals surface area contributed by atoms with Crippen LogP contribution >= 0.6 is 11.6 Å².